The van der Waals surface area contributed by atoms with Gasteiger partial charge in [-0.05, 0) is 12.1 Å². The van der Waals surface area contributed by atoms with Crippen LogP contribution in [-0.2, 0) is 4.74 Å². The summed E-state index contributed by atoms with van der Waals surface area (Å²) in [7, 11) is 0. The molecule has 1 aromatic rings. The molecule has 0 radical (unpaired) electrons. The van der Waals surface area contributed by atoms with Crippen LogP contribution in [0.25, 0.3) is 0 Å². The number of rotatable bonds is 2. The normalized spacial score (nSPS) is 15.3. The Hall–Kier alpha value is -1.91. The molecule has 2 rings (SSSR count). The maximum Gasteiger partial charge on any atom is 0.269 e. The van der Waals surface area contributed by atoms with E-state index < -0.39 is 4.92 Å². The molecular formula is C10H10N2O3. The van der Waals surface area contributed by atoms with Gasteiger partial charge >= 0.3 is 0 Å². The van der Waals surface area contributed by atoms with Crippen molar-refractivity contribution in [1.82, 2.24) is 0 Å². The molecule has 0 saturated heterocycles. The van der Waals surface area contributed by atoms with E-state index in [4.69, 9.17) is 4.74 Å². The van der Waals surface area contributed by atoms with Gasteiger partial charge < -0.3 is 4.74 Å². The molecule has 5 heteroatoms. The van der Waals surface area contributed by atoms with E-state index in [-0.39, 0.29) is 5.69 Å². The van der Waals surface area contributed by atoms with Gasteiger partial charge in [-0.1, -0.05) is 0 Å². The monoisotopic (exact) mass is 206 g/mol. The van der Waals surface area contributed by atoms with E-state index in [0.717, 1.165) is 18.5 Å². The van der Waals surface area contributed by atoms with Crippen LogP contribution >= 0.6 is 0 Å². The van der Waals surface area contributed by atoms with E-state index in [1.165, 1.54) is 12.1 Å². The molecule has 1 aliphatic rings. The summed E-state index contributed by atoms with van der Waals surface area (Å²) >= 11 is 0. The predicted molar refractivity (Wildman–Crippen MR) is 55.1 cm³/mol. The molecule has 1 heterocycles. The van der Waals surface area contributed by atoms with Crippen LogP contribution in [0.3, 0.4) is 0 Å². The van der Waals surface area contributed by atoms with E-state index in [9.17, 15) is 10.1 Å². The van der Waals surface area contributed by atoms with Crippen molar-refractivity contribution in [2.45, 2.75) is 6.42 Å². The summed E-state index contributed by atoms with van der Waals surface area (Å²) in [6, 6.07) is 6.22. The largest absolute Gasteiger partial charge is 0.477 e. The lowest BCUT2D eigenvalue weighted by molar-refractivity contribution is -0.384. The minimum atomic E-state index is -0.423. The van der Waals surface area contributed by atoms with Gasteiger partial charge in [-0.15, -0.1) is 0 Å². The van der Waals surface area contributed by atoms with Crippen LogP contribution in [0.4, 0.5) is 5.69 Å². The van der Waals surface area contributed by atoms with E-state index in [1.807, 2.05) is 0 Å². The van der Waals surface area contributed by atoms with Crippen molar-refractivity contribution in [2.24, 2.45) is 4.99 Å². The number of nitrogens with zero attached hydrogens (tertiary/aromatic N) is 2. The van der Waals surface area contributed by atoms with Crippen LogP contribution in [0.1, 0.15) is 12.0 Å². The van der Waals surface area contributed by atoms with Crippen LogP contribution in [0.2, 0.25) is 0 Å². The Kier molecular flexibility index (Phi) is 2.62. The van der Waals surface area contributed by atoms with Crippen molar-refractivity contribution in [2.75, 3.05) is 13.2 Å². The first-order valence-corrected chi connectivity index (χ1v) is 4.69. The minimum Gasteiger partial charge on any atom is -0.477 e. The number of benzene rings is 1. The second-order valence-corrected chi connectivity index (χ2v) is 3.19. The second kappa shape index (κ2) is 4.08. The molecule has 0 saturated carbocycles. The predicted octanol–water partition coefficient (Wildman–Crippen LogP) is 1.76. The standard InChI is InChI=1S/C10H10N2O3/c13-12(14)9-4-2-8(3-5-9)10-11-6-1-7-15-10/h2-5H,1,6-7H2. The summed E-state index contributed by atoms with van der Waals surface area (Å²) in [6.07, 6.45) is 0.927. The van der Waals surface area contributed by atoms with E-state index in [0.29, 0.717) is 12.5 Å². The zero-order valence-corrected chi connectivity index (χ0v) is 8.05. The summed E-state index contributed by atoms with van der Waals surface area (Å²) in [4.78, 5) is 14.2. The van der Waals surface area contributed by atoms with Gasteiger partial charge in [0.15, 0.2) is 0 Å². The highest BCUT2D eigenvalue weighted by Crippen LogP contribution is 2.14. The van der Waals surface area contributed by atoms with Crippen molar-refractivity contribution in [3.63, 3.8) is 0 Å². The Bertz CT molecular complexity index is 398. The summed E-state index contributed by atoms with van der Waals surface area (Å²) in [5.41, 5.74) is 0.871. The maximum absolute atomic E-state index is 10.4. The molecule has 15 heavy (non-hydrogen) atoms. The number of hydrogen-bond donors (Lipinski definition) is 0. The molecular weight excluding hydrogens is 196 g/mol. The summed E-state index contributed by atoms with van der Waals surface area (Å²) in [5.74, 6) is 0.580. The first-order valence-electron chi connectivity index (χ1n) is 4.69. The Morgan fingerprint density at radius 3 is 2.60 bits per heavy atom. The molecule has 0 bridgehead atoms. The zero-order chi connectivity index (χ0) is 10.7. The molecule has 1 aromatic carbocycles. The maximum atomic E-state index is 10.4. The Labute approximate surface area is 86.5 Å². The lowest BCUT2D eigenvalue weighted by Gasteiger charge is -2.13. The van der Waals surface area contributed by atoms with Crippen LogP contribution in [0.5, 0.6) is 0 Å². The van der Waals surface area contributed by atoms with Gasteiger partial charge in [0.2, 0.25) is 5.90 Å². The molecule has 0 aromatic heterocycles. The van der Waals surface area contributed by atoms with Crippen molar-refractivity contribution >= 4 is 11.6 Å². The fourth-order valence-corrected chi connectivity index (χ4v) is 1.36. The first-order chi connectivity index (χ1) is 7.27. The Balaban J connectivity index is 2.23. The average Bonchev–Trinajstić information content (AvgIpc) is 2.30. The lowest BCUT2D eigenvalue weighted by Crippen LogP contribution is -2.14. The molecule has 0 atom stereocenters. The third kappa shape index (κ3) is 2.12. The zero-order valence-electron chi connectivity index (χ0n) is 8.05. The van der Waals surface area contributed by atoms with Gasteiger partial charge in [-0.25, -0.2) is 0 Å². The van der Waals surface area contributed by atoms with Crippen LogP contribution < -0.4 is 0 Å². The van der Waals surface area contributed by atoms with Crippen molar-refractivity contribution < 1.29 is 9.66 Å². The quantitative estimate of drug-likeness (QED) is 0.547. The molecule has 0 N–H and O–H groups in total. The topological polar surface area (TPSA) is 64.7 Å². The lowest BCUT2D eigenvalue weighted by atomic mass is 10.2. The number of nitro benzene ring substituents is 1. The van der Waals surface area contributed by atoms with Gasteiger partial charge in [0.25, 0.3) is 5.69 Å². The van der Waals surface area contributed by atoms with Crippen molar-refractivity contribution in [1.29, 1.82) is 0 Å². The molecule has 0 aliphatic carbocycles. The SMILES string of the molecule is O=[N+]([O-])c1ccc(C2=NCCCO2)cc1. The third-order valence-corrected chi connectivity index (χ3v) is 2.12. The molecule has 5 nitrogen and oxygen atoms in total. The first kappa shape index (κ1) is 9.64. The van der Waals surface area contributed by atoms with Crippen LogP contribution in [0, 0.1) is 10.1 Å². The number of ether oxygens (including phenoxy) is 1. The molecule has 0 amide bonds. The fourth-order valence-electron chi connectivity index (χ4n) is 1.36. The number of hydrogen-bond acceptors (Lipinski definition) is 4. The summed E-state index contributed by atoms with van der Waals surface area (Å²) in [6.45, 7) is 1.42. The van der Waals surface area contributed by atoms with Crippen LogP contribution in [0.15, 0.2) is 29.3 Å². The molecule has 1 aliphatic heterocycles. The highest BCUT2D eigenvalue weighted by Gasteiger charge is 2.11. The van der Waals surface area contributed by atoms with Gasteiger partial charge in [-0.2, -0.15) is 0 Å². The van der Waals surface area contributed by atoms with E-state index >= 15 is 0 Å². The molecule has 0 spiro atoms. The second-order valence-electron chi connectivity index (χ2n) is 3.19. The third-order valence-electron chi connectivity index (χ3n) is 2.12. The van der Waals surface area contributed by atoms with Crippen molar-refractivity contribution in [3.8, 4) is 0 Å². The van der Waals surface area contributed by atoms with Gasteiger partial charge in [0, 0.05) is 30.7 Å². The highest BCUT2D eigenvalue weighted by molar-refractivity contribution is 5.94. The number of nitro groups is 1. The van der Waals surface area contributed by atoms with Gasteiger partial charge in [0.1, 0.15) is 0 Å². The molecule has 0 unspecified atom stereocenters. The highest BCUT2D eigenvalue weighted by atomic mass is 16.6. The van der Waals surface area contributed by atoms with Crippen LogP contribution in [-0.4, -0.2) is 24.0 Å². The van der Waals surface area contributed by atoms with Gasteiger partial charge in [0.05, 0.1) is 11.5 Å². The smallest absolute Gasteiger partial charge is 0.269 e. The summed E-state index contributed by atoms with van der Waals surface area (Å²) in [5, 5.41) is 10.4. The van der Waals surface area contributed by atoms with Gasteiger partial charge in [-0.3, -0.25) is 15.1 Å². The minimum absolute atomic E-state index is 0.0789. The summed E-state index contributed by atoms with van der Waals surface area (Å²) < 4.78 is 5.34. The Morgan fingerprint density at radius 1 is 1.33 bits per heavy atom. The molecule has 0 fully saturated rings. The molecule has 78 valence electrons. The van der Waals surface area contributed by atoms with E-state index in [1.54, 1.807) is 12.1 Å². The number of aliphatic imine (C=N–C) groups is 1. The average molecular weight is 206 g/mol. The fraction of sp³-hybridized carbons (Fsp3) is 0.300. The number of non-ortho nitro benzene ring substituents is 1. The van der Waals surface area contributed by atoms with Crippen molar-refractivity contribution in [3.05, 3.63) is 39.9 Å². The Morgan fingerprint density at radius 2 is 2.07 bits per heavy atom. The van der Waals surface area contributed by atoms with E-state index in [2.05, 4.69) is 4.99 Å².